The van der Waals surface area contributed by atoms with Gasteiger partial charge in [0, 0.05) is 19.3 Å². The lowest BCUT2D eigenvalue weighted by Gasteiger charge is -2.18. The maximum atomic E-state index is 12.9. The molecular weight excluding hydrogens is 1210 g/mol. The van der Waals surface area contributed by atoms with Gasteiger partial charge in [-0.1, -0.05) is 305 Å². The minimum Gasteiger partial charge on any atom is -0.469 e. The fourth-order valence-corrected chi connectivity index (χ4v) is 15.4. The molecule has 0 bridgehead atoms. The fourth-order valence-electron chi connectivity index (χ4n) is 10.8. The number of esters is 3. The molecule has 0 aromatic rings. The Bertz CT molecular complexity index is 1690. The first-order valence-corrected chi connectivity index (χ1v) is 43.3. The fraction of sp³-hybridized carbons (Fsp3) is 0.935. The molecule has 14 heteroatoms. The Morgan fingerprint density at radius 3 is 0.758 bits per heavy atom. The maximum absolute atomic E-state index is 12.9. The molecule has 0 saturated heterocycles. The van der Waals surface area contributed by atoms with Gasteiger partial charge in [0.15, 0.2) is 19.7 Å². The summed E-state index contributed by atoms with van der Waals surface area (Å²) in [6, 6.07) is 0. The van der Waals surface area contributed by atoms with Crippen molar-refractivity contribution in [3.05, 3.63) is 12.2 Å². The number of unbranched alkanes of at least 4 members (excludes halogenated alkanes) is 39. The first-order chi connectivity index (χ1) is 44.1. The van der Waals surface area contributed by atoms with Gasteiger partial charge < -0.3 is 14.2 Å². The van der Waals surface area contributed by atoms with E-state index >= 15 is 0 Å². The van der Waals surface area contributed by atoms with Crippen LogP contribution in [0.2, 0.25) is 0 Å². The standard InChI is InChI=1S/C25H50O4S.C23H46O4S.C19H36O2.C6H14S.C4H10S/c1-4-6-8-10-11-13-16-20-24(30(27,28)23-19-9-7-5-2)21-17-14-12-15-18-22-25(26)29-3;1-4-6-8-9-10-12-15-18-22(28(25,26)21-7-5-2)19-16-13-11-14-17-20-23(24)27-3;1-3-4-5-6-7-8-9-10-11-12-13-14-15-16-17-18-19(20)21-2;1-2-3-4-5-6-7;1-2-3-4-5/h24H,4-23H2,1-3H3;22H,4-21H2,1-3H3;10-11H,3-9,12-18H2,1-2H3;7H,2-6H2,1H3;5H,2-4H2,1H3/b;;11-10-;;. The minimum absolute atomic E-state index is 0.0763. The highest BCUT2D eigenvalue weighted by molar-refractivity contribution is 7.92. The molecule has 0 N–H and O–H groups in total. The quantitative estimate of drug-likeness (QED) is 0.0198. The average Bonchev–Trinajstić information content (AvgIpc) is 2.93. The number of sulfone groups is 2. The van der Waals surface area contributed by atoms with Crippen molar-refractivity contribution in [2.24, 2.45) is 0 Å². The third kappa shape index (κ3) is 82.9. The lowest BCUT2D eigenvalue weighted by atomic mass is 10.0. The molecule has 0 heterocycles. The first-order valence-electron chi connectivity index (χ1n) is 38.6. The molecule has 548 valence electrons. The van der Waals surface area contributed by atoms with Crippen LogP contribution in [0.1, 0.15) is 408 Å². The molecule has 0 aromatic carbocycles. The van der Waals surface area contributed by atoms with Crippen molar-refractivity contribution >= 4 is 62.8 Å². The highest BCUT2D eigenvalue weighted by atomic mass is 32.2. The van der Waals surface area contributed by atoms with Crippen molar-refractivity contribution in [2.75, 3.05) is 44.3 Å². The number of hydrogen-bond acceptors (Lipinski definition) is 12. The predicted octanol–water partition coefficient (Wildman–Crippen LogP) is 24.4. The number of thiol groups is 2. The highest BCUT2D eigenvalue weighted by Gasteiger charge is 2.25. The minimum atomic E-state index is -2.98. The molecule has 0 radical (unpaired) electrons. The third-order valence-corrected chi connectivity index (χ3v) is 22.3. The van der Waals surface area contributed by atoms with Crippen LogP contribution in [0, 0.1) is 0 Å². The Kier molecular flexibility index (Phi) is 89.7. The summed E-state index contributed by atoms with van der Waals surface area (Å²) in [6.07, 6.45) is 67.1. The van der Waals surface area contributed by atoms with Crippen molar-refractivity contribution in [1.29, 1.82) is 0 Å². The van der Waals surface area contributed by atoms with E-state index in [-0.39, 0.29) is 28.4 Å². The van der Waals surface area contributed by atoms with Crippen LogP contribution in [0.5, 0.6) is 0 Å². The second kappa shape index (κ2) is 83.0. The van der Waals surface area contributed by atoms with Gasteiger partial charge in [0.1, 0.15) is 0 Å². The molecule has 2 unspecified atom stereocenters. The molecule has 2 atom stereocenters. The van der Waals surface area contributed by atoms with Crippen LogP contribution in [0.4, 0.5) is 0 Å². The number of hydrogen-bond donors (Lipinski definition) is 2. The van der Waals surface area contributed by atoms with Crippen molar-refractivity contribution in [1.82, 2.24) is 0 Å². The van der Waals surface area contributed by atoms with E-state index in [9.17, 15) is 31.2 Å². The largest absolute Gasteiger partial charge is 0.469 e. The summed E-state index contributed by atoms with van der Waals surface area (Å²) >= 11 is 8.09. The highest BCUT2D eigenvalue weighted by Crippen LogP contribution is 2.24. The van der Waals surface area contributed by atoms with Crippen LogP contribution < -0.4 is 0 Å². The summed E-state index contributed by atoms with van der Waals surface area (Å²) in [4.78, 5) is 33.1. The van der Waals surface area contributed by atoms with Gasteiger partial charge in [0.25, 0.3) is 0 Å². The monoisotopic (exact) mass is 1370 g/mol. The maximum Gasteiger partial charge on any atom is 0.305 e. The molecule has 0 aromatic heterocycles. The lowest BCUT2D eigenvalue weighted by Crippen LogP contribution is -2.24. The van der Waals surface area contributed by atoms with Crippen LogP contribution in [0.15, 0.2) is 12.2 Å². The summed E-state index contributed by atoms with van der Waals surface area (Å²) in [5, 5.41) is -0.297. The van der Waals surface area contributed by atoms with E-state index in [1.165, 1.54) is 201 Å². The van der Waals surface area contributed by atoms with E-state index in [0.29, 0.717) is 30.8 Å². The third-order valence-electron chi connectivity index (χ3n) is 17.0. The number of carbonyl (C=O) groups excluding carboxylic acids is 3. The van der Waals surface area contributed by atoms with E-state index in [1.807, 2.05) is 0 Å². The van der Waals surface area contributed by atoms with Gasteiger partial charge in [0.05, 0.1) is 43.3 Å². The van der Waals surface area contributed by atoms with Crippen molar-refractivity contribution in [3.8, 4) is 0 Å². The molecule has 91 heavy (non-hydrogen) atoms. The Balaban J connectivity index is -0.000000375. The van der Waals surface area contributed by atoms with Gasteiger partial charge in [-0.3, -0.25) is 14.4 Å². The molecule has 10 nitrogen and oxygen atoms in total. The Hall–Kier alpha value is -1.25. The lowest BCUT2D eigenvalue weighted by molar-refractivity contribution is -0.141. The van der Waals surface area contributed by atoms with Gasteiger partial charge >= 0.3 is 17.9 Å². The molecule has 0 aliphatic rings. The number of ether oxygens (including phenoxy) is 3. The van der Waals surface area contributed by atoms with E-state index in [0.717, 1.165) is 172 Å². The number of methoxy groups -OCH3 is 3. The molecule has 0 saturated carbocycles. The molecule has 0 amide bonds. The summed E-state index contributed by atoms with van der Waals surface area (Å²) in [6.45, 7) is 15.3. The van der Waals surface area contributed by atoms with E-state index < -0.39 is 19.7 Å². The summed E-state index contributed by atoms with van der Waals surface area (Å²) in [5.41, 5.74) is 0. The average molecular weight is 1370 g/mol. The SMILES string of the molecule is CCCCCCCC/C=C\CCCCCCCC(=O)OC.CCCCCCCCCC(CCCCCCCC(=O)OC)S(=O)(=O)CCCC.CCCCCCCCCC(CCCCCCCC(=O)OC)S(=O)(=O)CCCCCC.CCCCCCS.CCCCS. The number of allylic oxidation sites excluding steroid dienone is 2. The van der Waals surface area contributed by atoms with Crippen LogP contribution in [-0.4, -0.2) is 89.6 Å². The normalized spacial score (nSPS) is 11.9. The first kappa shape index (κ1) is 98.4. The second-order valence-electron chi connectivity index (χ2n) is 25.7. The smallest absolute Gasteiger partial charge is 0.305 e. The Morgan fingerprint density at radius 2 is 0.505 bits per heavy atom. The molecule has 0 aliphatic carbocycles. The van der Waals surface area contributed by atoms with E-state index in [2.05, 4.69) is 100 Å². The van der Waals surface area contributed by atoms with E-state index in [1.54, 1.807) is 0 Å². The Morgan fingerprint density at radius 1 is 0.286 bits per heavy atom. The van der Waals surface area contributed by atoms with Crippen LogP contribution >= 0.6 is 25.3 Å². The van der Waals surface area contributed by atoms with Crippen LogP contribution in [0.25, 0.3) is 0 Å². The second-order valence-corrected chi connectivity index (χ2v) is 31.4. The molecule has 0 aliphatic heterocycles. The van der Waals surface area contributed by atoms with Gasteiger partial charge in [-0.05, 0) is 108 Å². The van der Waals surface area contributed by atoms with Crippen molar-refractivity contribution in [3.63, 3.8) is 0 Å². The summed E-state index contributed by atoms with van der Waals surface area (Å²) in [5.74, 6) is 2.46. The van der Waals surface area contributed by atoms with Crippen molar-refractivity contribution in [2.45, 2.75) is 419 Å². The zero-order valence-electron chi connectivity index (χ0n) is 62.0. The zero-order valence-corrected chi connectivity index (χ0v) is 65.5. The van der Waals surface area contributed by atoms with Crippen LogP contribution in [-0.2, 0) is 48.3 Å². The topological polar surface area (TPSA) is 147 Å². The van der Waals surface area contributed by atoms with Gasteiger partial charge in [-0.25, -0.2) is 16.8 Å². The van der Waals surface area contributed by atoms with Gasteiger partial charge in [-0.15, -0.1) is 0 Å². The predicted molar refractivity (Wildman–Crippen MR) is 406 cm³/mol. The van der Waals surface area contributed by atoms with E-state index in [4.69, 9.17) is 0 Å². The molecular formula is C77H156O10S4. The van der Waals surface area contributed by atoms with Gasteiger partial charge in [-0.2, -0.15) is 25.3 Å². The summed E-state index contributed by atoms with van der Waals surface area (Å²) < 4.78 is 65.2. The number of carbonyl (C=O) groups is 3. The Labute approximate surface area is 579 Å². The van der Waals surface area contributed by atoms with Crippen molar-refractivity contribution < 1.29 is 45.4 Å². The molecule has 0 fully saturated rings. The van der Waals surface area contributed by atoms with Gasteiger partial charge in [0.2, 0.25) is 0 Å². The zero-order chi connectivity index (χ0) is 68.8. The van der Waals surface area contributed by atoms with Crippen LogP contribution in [0.3, 0.4) is 0 Å². The number of rotatable bonds is 63. The molecule has 0 rings (SSSR count). The molecule has 0 spiro atoms. The summed E-state index contributed by atoms with van der Waals surface area (Å²) in [7, 11) is -1.63.